The minimum Gasteiger partial charge on any atom is -0.397 e. The largest absolute Gasteiger partial charge is 0.397 e. The molecular weight excluding hydrogens is 143 g/mol. The van der Waals surface area contributed by atoms with Gasteiger partial charge in [0.05, 0.1) is 0 Å². The Labute approximate surface area is 55.7 Å². The zero-order chi connectivity index (χ0) is 7.70. The SMILES string of the molecule is CCO.CO[PH](=O)OC. The molecule has 0 saturated carbocycles. The van der Waals surface area contributed by atoms with Crippen molar-refractivity contribution in [2.75, 3.05) is 20.8 Å². The van der Waals surface area contributed by atoms with Crippen molar-refractivity contribution >= 4 is 8.25 Å². The van der Waals surface area contributed by atoms with Crippen LogP contribution in [0.3, 0.4) is 0 Å². The van der Waals surface area contributed by atoms with Gasteiger partial charge in [0.15, 0.2) is 0 Å². The Bertz CT molecular complexity index is 59.6. The number of aliphatic hydroxyl groups is 1. The minimum atomic E-state index is -2.12. The first-order chi connectivity index (χ1) is 4.22. The Balaban J connectivity index is 0. The normalized spacial score (nSPS) is 8.56. The van der Waals surface area contributed by atoms with Crippen molar-refractivity contribution in [2.45, 2.75) is 6.92 Å². The van der Waals surface area contributed by atoms with Gasteiger partial charge in [-0.15, -0.1) is 0 Å². The summed E-state index contributed by atoms with van der Waals surface area (Å²) in [4.78, 5) is 0. The van der Waals surface area contributed by atoms with Crippen LogP contribution in [-0.4, -0.2) is 25.9 Å². The maximum atomic E-state index is 9.92. The lowest BCUT2D eigenvalue weighted by Crippen LogP contribution is -1.66. The third-order valence-corrected chi connectivity index (χ3v) is 1.00. The molecule has 0 aromatic rings. The third-order valence-electron chi connectivity index (χ3n) is 0.333. The first-order valence-corrected chi connectivity index (χ1v) is 3.68. The highest BCUT2D eigenvalue weighted by molar-refractivity contribution is 7.33. The van der Waals surface area contributed by atoms with Crippen LogP contribution in [0.4, 0.5) is 0 Å². The van der Waals surface area contributed by atoms with E-state index in [0.717, 1.165) is 0 Å². The molecule has 0 fully saturated rings. The van der Waals surface area contributed by atoms with E-state index < -0.39 is 8.25 Å². The highest BCUT2D eigenvalue weighted by atomic mass is 31.1. The van der Waals surface area contributed by atoms with Gasteiger partial charge in [0.1, 0.15) is 0 Å². The molecule has 0 amide bonds. The maximum absolute atomic E-state index is 9.92. The summed E-state index contributed by atoms with van der Waals surface area (Å²) in [6.45, 7) is 1.93. The average molecular weight is 156 g/mol. The van der Waals surface area contributed by atoms with Gasteiger partial charge in [0.2, 0.25) is 0 Å². The van der Waals surface area contributed by atoms with Crippen molar-refractivity contribution in [3.63, 3.8) is 0 Å². The molecule has 0 aromatic carbocycles. The summed E-state index contributed by atoms with van der Waals surface area (Å²) < 4.78 is 18.4. The van der Waals surface area contributed by atoms with Crippen LogP contribution in [0.25, 0.3) is 0 Å². The van der Waals surface area contributed by atoms with Crippen molar-refractivity contribution in [3.8, 4) is 0 Å². The van der Waals surface area contributed by atoms with Crippen LogP contribution in [0.5, 0.6) is 0 Å². The van der Waals surface area contributed by atoms with E-state index in [-0.39, 0.29) is 6.61 Å². The molecule has 0 saturated heterocycles. The minimum absolute atomic E-state index is 0.250. The van der Waals surface area contributed by atoms with Crippen molar-refractivity contribution in [1.82, 2.24) is 0 Å². The van der Waals surface area contributed by atoms with Gasteiger partial charge in [0, 0.05) is 20.8 Å². The molecule has 4 nitrogen and oxygen atoms in total. The van der Waals surface area contributed by atoms with Crippen molar-refractivity contribution in [1.29, 1.82) is 0 Å². The summed E-state index contributed by atoms with van der Waals surface area (Å²) >= 11 is 0. The lowest BCUT2D eigenvalue weighted by Gasteiger charge is -1.89. The molecule has 0 rings (SSSR count). The zero-order valence-corrected chi connectivity index (χ0v) is 6.88. The molecule has 5 heteroatoms. The highest BCUT2D eigenvalue weighted by Gasteiger charge is 1.83. The van der Waals surface area contributed by atoms with Gasteiger partial charge in [-0.2, -0.15) is 0 Å². The second-order valence-corrected chi connectivity index (χ2v) is 2.29. The van der Waals surface area contributed by atoms with E-state index in [4.69, 9.17) is 5.11 Å². The van der Waals surface area contributed by atoms with E-state index in [2.05, 4.69) is 9.05 Å². The molecule has 0 aromatic heterocycles. The predicted molar refractivity (Wildman–Crippen MR) is 35.8 cm³/mol. The average Bonchev–Trinajstić information content (AvgIpc) is 1.88. The standard InChI is InChI=1S/C2H7O3P.C2H6O/c1-4-6(3)5-2;1-2-3/h6H,1-2H3;3H,2H2,1H3. The lowest BCUT2D eigenvalue weighted by atomic mass is 10.9. The van der Waals surface area contributed by atoms with Crippen molar-refractivity contribution in [3.05, 3.63) is 0 Å². The van der Waals surface area contributed by atoms with Crippen LogP contribution >= 0.6 is 8.25 Å². The molecule has 0 radical (unpaired) electrons. The summed E-state index contributed by atoms with van der Waals surface area (Å²) in [5.74, 6) is 0. The van der Waals surface area contributed by atoms with E-state index in [0.29, 0.717) is 0 Å². The Kier molecular flexibility index (Phi) is 14.5. The first kappa shape index (κ1) is 11.9. The van der Waals surface area contributed by atoms with E-state index in [1.807, 2.05) is 0 Å². The molecule has 0 atom stereocenters. The van der Waals surface area contributed by atoms with E-state index in [9.17, 15) is 4.57 Å². The fourth-order valence-corrected chi connectivity index (χ4v) is 0.250. The van der Waals surface area contributed by atoms with Crippen LogP contribution < -0.4 is 0 Å². The van der Waals surface area contributed by atoms with Crippen LogP contribution in [0.15, 0.2) is 0 Å². The van der Waals surface area contributed by atoms with Gasteiger partial charge in [-0.25, -0.2) is 0 Å². The lowest BCUT2D eigenvalue weighted by molar-refractivity contribution is 0.302. The van der Waals surface area contributed by atoms with Gasteiger partial charge < -0.3 is 14.2 Å². The van der Waals surface area contributed by atoms with Gasteiger partial charge in [0.25, 0.3) is 0 Å². The summed E-state index contributed by atoms with van der Waals surface area (Å²) in [7, 11) is 0.558. The zero-order valence-electron chi connectivity index (χ0n) is 5.88. The Morgan fingerprint density at radius 1 is 1.44 bits per heavy atom. The second kappa shape index (κ2) is 11.0. The molecule has 0 heterocycles. The Morgan fingerprint density at radius 3 is 1.67 bits per heavy atom. The Morgan fingerprint density at radius 2 is 1.67 bits per heavy atom. The molecule has 0 aliphatic heterocycles. The molecule has 0 unspecified atom stereocenters. The molecule has 1 N–H and O–H groups in total. The quantitative estimate of drug-likeness (QED) is 0.597. The summed E-state index contributed by atoms with van der Waals surface area (Å²) in [5, 5.41) is 7.57. The molecule has 0 bridgehead atoms. The van der Waals surface area contributed by atoms with Crippen LogP contribution in [0.2, 0.25) is 0 Å². The van der Waals surface area contributed by atoms with E-state index >= 15 is 0 Å². The van der Waals surface area contributed by atoms with E-state index in [1.165, 1.54) is 14.2 Å². The van der Waals surface area contributed by atoms with Crippen molar-refractivity contribution in [2.24, 2.45) is 0 Å². The number of hydrogen-bond donors (Lipinski definition) is 1. The van der Waals surface area contributed by atoms with E-state index in [1.54, 1.807) is 6.92 Å². The van der Waals surface area contributed by atoms with Crippen LogP contribution in [-0.2, 0) is 13.6 Å². The second-order valence-electron chi connectivity index (χ2n) is 0.974. The number of aliphatic hydroxyl groups excluding tert-OH is 1. The first-order valence-electron chi connectivity index (χ1n) is 2.45. The molecular formula is C4H13O4P. The smallest absolute Gasteiger partial charge is 0.318 e. The van der Waals surface area contributed by atoms with Gasteiger partial charge in [-0.1, -0.05) is 0 Å². The third kappa shape index (κ3) is 17.9. The van der Waals surface area contributed by atoms with Gasteiger partial charge in [-0.05, 0) is 6.92 Å². The fraction of sp³-hybridized carbons (Fsp3) is 1.00. The molecule has 0 aliphatic rings. The Hall–Kier alpha value is 0.110. The maximum Gasteiger partial charge on any atom is 0.318 e. The predicted octanol–water partition coefficient (Wildman–Crippen LogP) is 0.667. The van der Waals surface area contributed by atoms with Gasteiger partial charge in [-0.3, -0.25) is 4.57 Å². The van der Waals surface area contributed by atoms with Crippen LogP contribution in [0.1, 0.15) is 6.92 Å². The number of rotatable bonds is 2. The monoisotopic (exact) mass is 156 g/mol. The highest BCUT2D eigenvalue weighted by Crippen LogP contribution is 2.18. The molecule has 0 aliphatic carbocycles. The molecule has 58 valence electrons. The topological polar surface area (TPSA) is 55.8 Å². The number of hydrogen-bond acceptors (Lipinski definition) is 4. The molecule has 0 spiro atoms. The fourth-order valence-electron chi connectivity index (χ4n) is 0.0833. The van der Waals surface area contributed by atoms with Crippen molar-refractivity contribution < 1.29 is 18.7 Å². The summed E-state index contributed by atoms with van der Waals surface area (Å²) in [5.41, 5.74) is 0. The van der Waals surface area contributed by atoms with Gasteiger partial charge >= 0.3 is 8.25 Å². The summed E-state index contributed by atoms with van der Waals surface area (Å²) in [6.07, 6.45) is 0. The summed E-state index contributed by atoms with van der Waals surface area (Å²) in [6, 6.07) is 0. The van der Waals surface area contributed by atoms with Crippen LogP contribution in [0, 0.1) is 0 Å². The molecule has 9 heavy (non-hydrogen) atoms.